The number of aryl methyl sites for hydroxylation is 1. The van der Waals surface area contributed by atoms with Crippen molar-refractivity contribution in [1.82, 2.24) is 0 Å². The van der Waals surface area contributed by atoms with Crippen molar-refractivity contribution in [2.45, 2.75) is 33.6 Å². The molecule has 1 heterocycles. The van der Waals surface area contributed by atoms with Crippen LogP contribution in [0.15, 0.2) is 42.5 Å². The van der Waals surface area contributed by atoms with Crippen LogP contribution in [0.25, 0.3) is 0 Å². The zero-order valence-electron chi connectivity index (χ0n) is 16.1. The monoisotopic (exact) mass is 366 g/mol. The third-order valence-corrected chi connectivity index (χ3v) is 4.96. The molecular weight excluding hydrogens is 340 g/mol. The van der Waals surface area contributed by atoms with Crippen molar-refractivity contribution in [3.05, 3.63) is 53.6 Å². The summed E-state index contributed by atoms with van der Waals surface area (Å²) >= 11 is 0. The molecule has 0 aliphatic carbocycles. The molecule has 5 nitrogen and oxygen atoms in total. The molecule has 0 radical (unpaired) electrons. The lowest BCUT2D eigenvalue weighted by molar-refractivity contribution is -0.122. The van der Waals surface area contributed by atoms with Crippen LogP contribution in [0, 0.1) is 19.8 Å². The second-order valence-corrected chi connectivity index (χ2v) is 6.99. The lowest BCUT2D eigenvalue weighted by atomic mass is 10.1. The van der Waals surface area contributed by atoms with E-state index in [1.807, 2.05) is 56.3 Å². The van der Waals surface area contributed by atoms with Crippen molar-refractivity contribution in [3.8, 4) is 5.75 Å². The van der Waals surface area contributed by atoms with Crippen LogP contribution < -0.4 is 15.0 Å². The third kappa shape index (κ3) is 4.30. The molecule has 2 aromatic carbocycles. The predicted molar refractivity (Wildman–Crippen MR) is 107 cm³/mol. The predicted octanol–water partition coefficient (Wildman–Crippen LogP) is 4.08. The van der Waals surface area contributed by atoms with Gasteiger partial charge in [0, 0.05) is 24.3 Å². The Bertz CT molecular complexity index is 830. The molecular formula is C22H26N2O3. The minimum Gasteiger partial charge on any atom is -0.494 e. The second kappa shape index (κ2) is 8.25. The summed E-state index contributed by atoms with van der Waals surface area (Å²) < 4.78 is 5.55. The fourth-order valence-electron chi connectivity index (χ4n) is 3.24. The number of hydrogen-bond acceptors (Lipinski definition) is 3. The summed E-state index contributed by atoms with van der Waals surface area (Å²) in [7, 11) is 0. The fraction of sp³-hybridized carbons (Fsp3) is 0.364. The molecule has 0 unspecified atom stereocenters. The fourth-order valence-corrected chi connectivity index (χ4v) is 3.24. The average Bonchev–Trinajstić information content (AvgIpc) is 3.05. The maximum atomic E-state index is 12.6. The number of ether oxygens (including phenoxy) is 1. The van der Waals surface area contributed by atoms with E-state index >= 15 is 0 Å². The Morgan fingerprint density at radius 2 is 1.93 bits per heavy atom. The van der Waals surface area contributed by atoms with E-state index in [-0.39, 0.29) is 24.2 Å². The van der Waals surface area contributed by atoms with Gasteiger partial charge >= 0.3 is 0 Å². The van der Waals surface area contributed by atoms with E-state index in [1.165, 1.54) is 0 Å². The van der Waals surface area contributed by atoms with Crippen LogP contribution in [0.1, 0.15) is 30.9 Å². The quantitative estimate of drug-likeness (QED) is 0.838. The van der Waals surface area contributed by atoms with Gasteiger partial charge in [-0.1, -0.05) is 19.1 Å². The van der Waals surface area contributed by atoms with Gasteiger partial charge < -0.3 is 15.0 Å². The number of hydrogen-bond donors (Lipinski definition) is 1. The Kier molecular flexibility index (Phi) is 5.79. The van der Waals surface area contributed by atoms with Gasteiger partial charge in [0.25, 0.3) is 0 Å². The minimum absolute atomic E-state index is 0.00726. The number of amides is 2. The van der Waals surface area contributed by atoms with Gasteiger partial charge in [-0.15, -0.1) is 0 Å². The number of rotatable bonds is 6. The van der Waals surface area contributed by atoms with Crippen molar-refractivity contribution in [2.75, 3.05) is 23.4 Å². The molecule has 1 atom stereocenters. The summed E-state index contributed by atoms with van der Waals surface area (Å²) in [6, 6.07) is 13.2. The molecule has 0 bridgehead atoms. The van der Waals surface area contributed by atoms with E-state index in [9.17, 15) is 9.59 Å². The number of carbonyl (C=O) groups is 2. The summed E-state index contributed by atoms with van der Waals surface area (Å²) in [6.07, 6.45) is 1.18. The Morgan fingerprint density at radius 1 is 1.19 bits per heavy atom. The first-order valence-electron chi connectivity index (χ1n) is 9.40. The summed E-state index contributed by atoms with van der Waals surface area (Å²) in [4.78, 5) is 26.8. The Hall–Kier alpha value is -2.82. The lowest BCUT2D eigenvalue weighted by Gasteiger charge is -2.20. The van der Waals surface area contributed by atoms with Crippen LogP contribution in [-0.2, 0) is 9.59 Å². The van der Waals surface area contributed by atoms with Crippen molar-refractivity contribution >= 4 is 23.2 Å². The van der Waals surface area contributed by atoms with Gasteiger partial charge in [0.15, 0.2) is 0 Å². The highest BCUT2D eigenvalue weighted by molar-refractivity contribution is 6.03. The molecule has 1 saturated heterocycles. The van der Waals surface area contributed by atoms with Gasteiger partial charge in [-0.05, 0) is 61.7 Å². The summed E-state index contributed by atoms with van der Waals surface area (Å²) in [5.74, 6) is 0.297. The van der Waals surface area contributed by atoms with Crippen molar-refractivity contribution in [3.63, 3.8) is 0 Å². The molecule has 0 spiro atoms. The van der Waals surface area contributed by atoms with Gasteiger partial charge in [-0.3, -0.25) is 9.59 Å². The molecule has 1 aliphatic rings. The van der Waals surface area contributed by atoms with Crippen LogP contribution in [0.2, 0.25) is 0 Å². The molecule has 0 aromatic heterocycles. The first-order chi connectivity index (χ1) is 13.0. The number of benzene rings is 2. The smallest absolute Gasteiger partial charge is 0.229 e. The van der Waals surface area contributed by atoms with Gasteiger partial charge in [0.1, 0.15) is 5.75 Å². The number of nitrogens with zero attached hydrogens (tertiary/aromatic N) is 1. The SMILES string of the molecule is CCCOc1ccc(NC(=O)[C@@H]2CC(=O)N(c3cccc(C)c3C)C2)cc1. The molecule has 27 heavy (non-hydrogen) atoms. The Morgan fingerprint density at radius 3 is 2.63 bits per heavy atom. The van der Waals surface area contributed by atoms with E-state index in [1.54, 1.807) is 4.90 Å². The molecule has 5 heteroatoms. The standard InChI is InChI=1S/C22H26N2O3/c1-4-12-27-19-10-8-18(9-11-19)23-22(26)17-13-21(25)24(14-17)20-7-5-6-15(2)16(20)3/h5-11,17H,4,12-14H2,1-3H3,(H,23,26)/t17-/m1/s1. The van der Waals surface area contributed by atoms with Gasteiger partial charge in [-0.25, -0.2) is 0 Å². The normalized spacial score (nSPS) is 16.5. The van der Waals surface area contributed by atoms with E-state index in [2.05, 4.69) is 12.2 Å². The van der Waals surface area contributed by atoms with Crippen LogP contribution in [0.3, 0.4) is 0 Å². The molecule has 3 rings (SSSR count). The zero-order chi connectivity index (χ0) is 19.4. The van der Waals surface area contributed by atoms with Gasteiger partial charge in [0.05, 0.1) is 12.5 Å². The molecule has 2 aromatic rings. The summed E-state index contributed by atoms with van der Waals surface area (Å²) in [5, 5.41) is 2.91. The van der Waals surface area contributed by atoms with Crippen molar-refractivity contribution in [1.29, 1.82) is 0 Å². The van der Waals surface area contributed by atoms with Gasteiger partial charge in [-0.2, -0.15) is 0 Å². The second-order valence-electron chi connectivity index (χ2n) is 6.99. The van der Waals surface area contributed by atoms with E-state index in [4.69, 9.17) is 4.74 Å². The van der Waals surface area contributed by atoms with Crippen molar-refractivity contribution in [2.24, 2.45) is 5.92 Å². The van der Waals surface area contributed by atoms with Crippen molar-refractivity contribution < 1.29 is 14.3 Å². The average molecular weight is 366 g/mol. The molecule has 2 amide bonds. The van der Waals surface area contributed by atoms with Gasteiger partial charge in [0.2, 0.25) is 11.8 Å². The number of carbonyl (C=O) groups excluding carboxylic acids is 2. The largest absolute Gasteiger partial charge is 0.494 e. The molecule has 142 valence electrons. The van der Waals surface area contributed by atoms with E-state index < -0.39 is 0 Å². The maximum Gasteiger partial charge on any atom is 0.229 e. The Balaban J connectivity index is 1.64. The topological polar surface area (TPSA) is 58.6 Å². The maximum absolute atomic E-state index is 12.6. The first kappa shape index (κ1) is 19.0. The lowest BCUT2D eigenvalue weighted by Crippen LogP contribution is -2.28. The first-order valence-corrected chi connectivity index (χ1v) is 9.40. The molecule has 1 N–H and O–H groups in total. The third-order valence-electron chi connectivity index (χ3n) is 4.96. The Labute approximate surface area is 160 Å². The van der Waals surface area contributed by atoms with Crippen LogP contribution in [0.4, 0.5) is 11.4 Å². The van der Waals surface area contributed by atoms with Crippen LogP contribution >= 0.6 is 0 Å². The van der Waals surface area contributed by atoms with Crippen LogP contribution in [-0.4, -0.2) is 25.0 Å². The zero-order valence-corrected chi connectivity index (χ0v) is 16.1. The summed E-state index contributed by atoms with van der Waals surface area (Å²) in [6.45, 7) is 7.17. The van der Waals surface area contributed by atoms with Crippen LogP contribution in [0.5, 0.6) is 5.75 Å². The number of anilines is 2. The molecule has 1 aliphatic heterocycles. The van der Waals surface area contributed by atoms with E-state index in [0.717, 1.165) is 29.0 Å². The van der Waals surface area contributed by atoms with E-state index in [0.29, 0.717) is 18.8 Å². The summed E-state index contributed by atoms with van der Waals surface area (Å²) in [5.41, 5.74) is 3.82. The highest BCUT2D eigenvalue weighted by Gasteiger charge is 2.35. The highest BCUT2D eigenvalue weighted by Crippen LogP contribution is 2.30. The molecule has 0 saturated carbocycles. The minimum atomic E-state index is -0.353. The number of nitrogens with one attached hydrogen (secondary N) is 1. The molecule has 1 fully saturated rings. The highest BCUT2D eigenvalue weighted by atomic mass is 16.5.